The van der Waals surface area contributed by atoms with E-state index < -0.39 is 42.0 Å². The Balaban J connectivity index is 2.37. The van der Waals surface area contributed by atoms with E-state index in [2.05, 4.69) is 5.32 Å². The molecule has 1 aromatic carbocycles. The number of carbonyl (C=O) groups excluding carboxylic acids is 1. The molecule has 0 spiro atoms. The lowest BCUT2D eigenvalue weighted by Gasteiger charge is -2.18. The van der Waals surface area contributed by atoms with Crippen LogP contribution in [0.4, 0.5) is 27.6 Å². The van der Waals surface area contributed by atoms with E-state index in [4.69, 9.17) is 5.73 Å². The molecule has 0 aliphatic heterocycles. The molecule has 1 amide bonds. The quantitative estimate of drug-likeness (QED) is 0.815. The Kier molecular flexibility index (Phi) is 4.06. The first-order valence-corrected chi connectivity index (χ1v) is 6.70. The number of anilines is 1. The minimum atomic E-state index is -4.66. The molecule has 0 aromatic heterocycles. The van der Waals surface area contributed by atoms with Crippen molar-refractivity contribution in [3.8, 4) is 0 Å². The molecular weight excluding hydrogens is 307 g/mol. The largest absolute Gasteiger partial charge is 0.416 e. The van der Waals surface area contributed by atoms with E-state index in [0.29, 0.717) is 0 Å². The van der Waals surface area contributed by atoms with Gasteiger partial charge in [0, 0.05) is 12.1 Å². The molecule has 8 heteroatoms. The van der Waals surface area contributed by atoms with Gasteiger partial charge in [-0.2, -0.15) is 13.2 Å². The highest BCUT2D eigenvalue weighted by Gasteiger charge is 2.57. The summed E-state index contributed by atoms with van der Waals surface area (Å²) in [5, 5.41) is 2.57. The number of primary amides is 1. The molecule has 0 radical (unpaired) electrons. The molecule has 2 unspecified atom stereocenters. The fourth-order valence-electron chi connectivity index (χ4n) is 2.25. The zero-order chi connectivity index (χ0) is 16.7. The highest BCUT2D eigenvalue weighted by atomic mass is 19.4. The van der Waals surface area contributed by atoms with Crippen molar-refractivity contribution in [3.63, 3.8) is 0 Å². The van der Waals surface area contributed by atoms with Gasteiger partial charge in [-0.25, -0.2) is 8.78 Å². The number of hydrogen-bond donors (Lipinski definition) is 2. The molecule has 1 saturated carbocycles. The summed E-state index contributed by atoms with van der Waals surface area (Å²) in [5.41, 5.74) is 3.96. The van der Waals surface area contributed by atoms with Crippen LogP contribution in [0, 0.1) is 0 Å². The van der Waals surface area contributed by atoms with Crippen LogP contribution in [0.15, 0.2) is 18.2 Å². The standard InChI is InChI=1S/C14H15F5N2O/c1-2-11(12(20)22)21-9-4-7(10-6-13(10,15)16)3-8(5-9)14(17,18)19/h3-5,10-11,21H,2,6H2,1H3,(H2,20,22). The van der Waals surface area contributed by atoms with Crippen LogP contribution in [-0.4, -0.2) is 17.9 Å². The van der Waals surface area contributed by atoms with Crippen molar-refractivity contribution in [2.75, 3.05) is 5.32 Å². The average Bonchev–Trinajstić information content (AvgIpc) is 3.03. The first kappa shape index (κ1) is 16.5. The summed E-state index contributed by atoms with van der Waals surface area (Å²) in [6.07, 6.45) is -4.87. The molecule has 2 atom stereocenters. The van der Waals surface area contributed by atoms with Gasteiger partial charge in [0.2, 0.25) is 5.91 Å². The minimum absolute atomic E-state index is 0.0434. The number of alkyl halides is 5. The number of rotatable bonds is 5. The van der Waals surface area contributed by atoms with E-state index in [0.717, 1.165) is 12.1 Å². The molecule has 22 heavy (non-hydrogen) atoms. The Bertz CT molecular complexity index is 585. The Hall–Kier alpha value is -1.86. The summed E-state index contributed by atoms with van der Waals surface area (Å²) in [7, 11) is 0. The van der Waals surface area contributed by atoms with Gasteiger partial charge in [-0.15, -0.1) is 0 Å². The second-order valence-corrected chi connectivity index (χ2v) is 5.37. The van der Waals surface area contributed by atoms with Crippen molar-refractivity contribution in [1.29, 1.82) is 0 Å². The van der Waals surface area contributed by atoms with Crippen LogP contribution >= 0.6 is 0 Å². The first-order chi connectivity index (χ1) is 10.0. The Morgan fingerprint density at radius 2 is 2.00 bits per heavy atom. The Morgan fingerprint density at radius 3 is 2.41 bits per heavy atom. The third kappa shape index (κ3) is 3.48. The number of nitrogens with two attached hydrogens (primary N) is 1. The Labute approximate surface area is 123 Å². The summed E-state index contributed by atoms with van der Waals surface area (Å²) in [4.78, 5) is 11.2. The van der Waals surface area contributed by atoms with E-state index in [1.807, 2.05) is 0 Å². The summed E-state index contributed by atoms with van der Waals surface area (Å²) in [6, 6.07) is 1.86. The third-order valence-electron chi connectivity index (χ3n) is 3.60. The van der Waals surface area contributed by atoms with E-state index in [-0.39, 0.29) is 17.7 Å². The lowest BCUT2D eigenvalue weighted by Crippen LogP contribution is -2.34. The van der Waals surface area contributed by atoms with Crippen LogP contribution in [0.3, 0.4) is 0 Å². The molecular formula is C14H15F5N2O. The van der Waals surface area contributed by atoms with Gasteiger partial charge < -0.3 is 11.1 Å². The molecule has 2 rings (SSSR count). The molecule has 3 N–H and O–H groups in total. The maximum absolute atomic E-state index is 13.1. The molecule has 1 aliphatic carbocycles. The summed E-state index contributed by atoms with van der Waals surface area (Å²) in [5.74, 6) is -4.92. The van der Waals surface area contributed by atoms with Crippen molar-refractivity contribution in [1.82, 2.24) is 0 Å². The van der Waals surface area contributed by atoms with Crippen LogP contribution in [0.5, 0.6) is 0 Å². The highest BCUT2D eigenvalue weighted by Crippen LogP contribution is 2.56. The van der Waals surface area contributed by atoms with Crippen LogP contribution in [-0.2, 0) is 11.0 Å². The van der Waals surface area contributed by atoms with Crippen molar-refractivity contribution in [2.24, 2.45) is 5.73 Å². The van der Waals surface area contributed by atoms with Gasteiger partial charge in [0.05, 0.1) is 11.5 Å². The highest BCUT2D eigenvalue weighted by molar-refractivity contribution is 5.83. The van der Waals surface area contributed by atoms with Gasteiger partial charge in [0.15, 0.2) is 0 Å². The maximum atomic E-state index is 13.1. The second kappa shape index (κ2) is 5.40. The van der Waals surface area contributed by atoms with Gasteiger partial charge >= 0.3 is 6.18 Å². The normalized spacial score (nSPS) is 21.3. The number of hydrogen-bond acceptors (Lipinski definition) is 2. The molecule has 122 valence electrons. The first-order valence-electron chi connectivity index (χ1n) is 6.70. The average molecular weight is 322 g/mol. The number of nitrogens with one attached hydrogen (secondary N) is 1. The van der Waals surface area contributed by atoms with Crippen LogP contribution in [0.25, 0.3) is 0 Å². The minimum Gasteiger partial charge on any atom is -0.374 e. The molecule has 1 aromatic rings. The van der Waals surface area contributed by atoms with Crippen molar-refractivity contribution < 1.29 is 26.7 Å². The molecule has 0 heterocycles. The second-order valence-electron chi connectivity index (χ2n) is 5.37. The molecule has 0 saturated heterocycles. The van der Waals surface area contributed by atoms with Gasteiger partial charge in [0.25, 0.3) is 5.92 Å². The number of carbonyl (C=O) groups is 1. The van der Waals surface area contributed by atoms with Crippen LogP contribution in [0.2, 0.25) is 0 Å². The van der Waals surface area contributed by atoms with Crippen LogP contribution in [0.1, 0.15) is 36.8 Å². The van der Waals surface area contributed by atoms with E-state index >= 15 is 0 Å². The fraction of sp³-hybridized carbons (Fsp3) is 0.500. The van der Waals surface area contributed by atoms with Gasteiger partial charge in [-0.1, -0.05) is 6.92 Å². The molecule has 1 aliphatic rings. The smallest absolute Gasteiger partial charge is 0.374 e. The Morgan fingerprint density at radius 1 is 1.41 bits per heavy atom. The molecule has 0 bridgehead atoms. The number of halogens is 5. The lowest BCUT2D eigenvalue weighted by molar-refractivity contribution is -0.137. The topological polar surface area (TPSA) is 55.1 Å². The molecule has 1 fully saturated rings. The maximum Gasteiger partial charge on any atom is 0.416 e. The SMILES string of the molecule is CCC(Nc1cc(C2CC2(F)F)cc(C(F)(F)F)c1)C(N)=O. The van der Waals surface area contributed by atoms with Gasteiger partial charge in [0.1, 0.15) is 6.04 Å². The predicted octanol–water partition coefficient (Wildman–Crippen LogP) is 3.50. The van der Waals surface area contributed by atoms with E-state index in [9.17, 15) is 26.7 Å². The molecule has 3 nitrogen and oxygen atoms in total. The fourth-order valence-corrected chi connectivity index (χ4v) is 2.25. The van der Waals surface area contributed by atoms with E-state index in [1.54, 1.807) is 6.92 Å². The lowest BCUT2D eigenvalue weighted by atomic mass is 10.0. The third-order valence-corrected chi connectivity index (χ3v) is 3.60. The number of amides is 1. The summed E-state index contributed by atoms with van der Waals surface area (Å²) >= 11 is 0. The zero-order valence-electron chi connectivity index (χ0n) is 11.7. The van der Waals surface area contributed by atoms with Crippen molar-refractivity contribution >= 4 is 11.6 Å². The van der Waals surface area contributed by atoms with Gasteiger partial charge in [-0.05, 0) is 30.2 Å². The van der Waals surface area contributed by atoms with Crippen molar-refractivity contribution in [3.05, 3.63) is 29.3 Å². The van der Waals surface area contributed by atoms with Crippen LogP contribution < -0.4 is 11.1 Å². The number of benzene rings is 1. The summed E-state index contributed by atoms with van der Waals surface area (Å²) < 4.78 is 64.9. The monoisotopic (exact) mass is 322 g/mol. The predicted molar refractivity (Wildman–Crippen MR) is 70.6 cm³/mol. The van der Waals surface area contributed by atoms with Gasteiger partial charge in [-0.3, -0.25) is 4.79 Å². The summed E-state index contributed by atoms with van der Waals surface area (Å²) in [6.45, 7) is 1.63. The zero-order valence-corrected chi connectivity index (χ0v) is 11.7. The van der Waals surface area contributed by atoms with E-state index in [1.165, 1.54) is 6.07 Å². The van der Waals surface area contributed by atoms with Crippen molar-refractivity contribution in [2.45, 2.75) is 43.8 Å².